The molecule has 13 heavy (non-hydrogen) atoms. The number of H-pyrrole nitrogens is 1. The molecule has 0 fully saturated rings. The number of halogens is 1. The first kappa shape index (κ1) is 9.09. The van der Waals surface area contributed by atoms with Gasteiger partial charge in [0.1, 0.15) is 0 Å². The van der Waals surface area contributed by atoms with Crippen LogP contribution in [0, 0.1) is 0 Å². The molecule has 0 saturated carbocycles. The van der Waals surface area contributed by atoms with E-state index in [0.717, 1.165) is 16.4 Å². The average molecular weight is 257 g/mol. The van der Waals surface area contributed by atoms with E-state index in [1.54, 1.807) is 18.1 Å². The maximum absolute atomic E-state index is 4.27. The Bertz CT molecular complexity index is 424. The summed E-state index contributed by atoms with van der Waals surface area (Å²) in [5.74, 6) is 0. The Morgan fingerprint density at radius 2 is 2.38 bits per heavy atom. The molecule has 0 aliphatic rings. The molecular formula is C9H9BrN2S. The molecular weight excluding hydrogens is 248 g/mol. The Balaban J connectivity index is 2.70. The van der Waals surface area contributed by atoms with Gasteiger partial charge in [-0.15, -0.1) is 11.8 Å². The van der Waals surface area contributed by atoms with Crippen molar-refractivity contribution in [3.63, 3.8) is 0 Å². The minimum absolute atomic E-state index is 0.850. The second kappa shape index (κ2) is 3.72. The molecule has 2 aromatic rings. The van der Waals surface area contributed by atoms with Crippen molar-refractivity contribution in [1.82, 2.24) is 9.97 Å². The number of benzene rings is 1. The molecule has 4 heteroatoms. The van der Waals surface area contributed by atoms with Crippen molar-refractivity contribution in [2.75, 3.05) is 6.26 Å². The Kier molecular flexibility index (Phi) is 2.60. The summed E-state index contributed by atoms with van der Waals surface area (Å²) in [4.78, 5) is 8.66. The lowest BCUT2D eigenvalue weighted by molar-refractivity contribution is 1.33. The second-order valence-electron chi connectivity index (χ2n) is 2.72. The quantitative estimate of drug-likeness (QED) is 0.661. The summed E-state index contributed by atoms with van der Waals surface area (Å²) in [5, 5.41) is 0.850. The Morgan fingerprint density at radius 1 is 1.54 bits per heavy atom. The molecule has 0 atom stereocenters. The zero-order chi connectivity index (χ0) is 9.26. The lowest BCUT2D eigenvalue weighted by Crippen LogP contribution is -1.82. The number of rotatable bonds is 2. The number of thioether (sulfide) groups is 1. The molecule has 0 radical (unpaired) electrons. The van der Waals surface area contributed by atoms with Crippen LogP contribution in [-0.4, -0.2) is 16.2 Å². The highest BCUT2D eigenvalue weighted by Gasteiger charge is 2.04. The zero-order valence-corrected chi connectivity index (χ0v) is 9.58. The summed E-state index contributed by atoms with van der Waals surface area (Å²) >= 11 is 5.21. The van der Waals surface area contributed by atoms with Gasteiger partial charge >= 0.3 is 0 Å². The molecule has 0 unspecified atom stereocenters. The lowest BCUT2D eigenvalue weighted by atomic mass is 10.2. The van der Waals surface area contributed by atoms with Gasteiger partial charge in [0.05, 0.1) is 17.4 Å². The molecule has 2 rings (SSSR count). The van der Waals surface area contributed by atoms with Gasteiger partial charge in [-0.3, -0.25) is 0 Å². The predicted molar refractivity (Wildman–Crippen MR) is 60.5 cm³/mol. The third-order valence-corrected chi connectivity index (χ3v) is 3.27. The number of hydrogen-bond acceptors (Lipinski definition) is 2. The molecule has 0 bridgehead atoms. The minimum atomic E-state index is 0.850. The fraction of sp³-hybridized carbons (Fsp3) is 0.222. The van der Waals surface area contributed by atoms with Gasteiger partial charge in [-0.1, -0.05) is 15.9 Å². The summed E-state index contributed by atoms with van der Waals surface area (Å²) in [6, 6.07) is 4.29. The van der Waals surface area contributed by atoms with Gasteiger partial charge in [-0.05, 0) is 24.0 Å². The molecule has 0 amide bonds. The monoisotopic (exact) mass is 256 g/mol. The van der Waals surface area contributed by atoms with Crippen molar-refractivity contribution < 1.29 is 0 Å². The van der Waals surface area contributed by atoms with E-state index in [4.69, 9.17) is 0 Å². The van der Waals surface area contributed by atoms with Crippen molar-refractivity contribution in [3.8, 4) is 0 Å². The highest BCUT2D eigenvalue weighted by Crippen LogP contribution is 2.24. The third-order valence-electron chi connectivity index (χ3n) is 1.96. The van der Waals surface area contributed by atoms with Crippen molar-refractivity contribution in [2.45, 2.75) is 10.2 Å². The number of aromatic nitrogens is 2. The van der Waals surface area contributed by atoms with Gasteiger partial charge < -0.3 is 4.98 Å². The second-order valence-corrected chi connectivity index (χ2v) is 4.16. The van der Waals surface area contributed by atoms with Gasteiger partial charge in [0.15, 0.2) is 0 Å². The fourth-order valence-corrected chi connectivity index (χ4v) is 2.24. The van der Waals surface area contributed by atoms with Crippen LogP contribution >= 0.6 is 27.7 Å². The first-order valence-electron chi connectivity index (χ1n) is 3.91. The standard InChI is InChI=1S/C9H9BrN2S/c1-13-7-2-6(4-10)9-8(3-7)11-5-12-9/h2-3,5H,4H2,1H3,(H,11,12). The van der Waals surface area contributed by atoms with Gasteiger partial charge in [0.25, 0.3) is 0 Å². The van der Waals surface area contributed by atoms with E-state index in [9.17, 15) is 0 Å². The maximum atomic E-state index is 4.27. The van der Waals surface area contributed by atoms with E-state index in [1.165, 1.54) is 10.5 Å². The molecule has 1 aromatic heterocycles. The van der Waals surface area contributed by atoms with Crippen LogP contribution in [0.25, 0.3) is 11.0 Å². The van der Waals surface area contributed by atoms with Crippen molar-refractivity contribution in [1.29, 1.82) is 0 Å². The molecule has 0 aliphatic carbocycles. The molecule has 1 aromatic carbocycles. The van der Waals surface area contributed by atoms with Crippen LogP contribution in [0.2, 0.25) is 0 Å². The van der Waals surface area contributed by atoms with Crippen LogP contribution in [0.15, 0.2) is 23.4 Å². The maximum Gasteiger partial charge on any atom is 0.0932 e. The van der Waals surface area contributed by atoms with E-state index in [0.29, 0.717) is 0 Å². The number of nitrogens with one attached hydrogen (secondary N) is 1. The highest BCUT2D eigenvalue weighted by molar-refractivity contribution is 9.08. The smallest absolute Gasteiger partial charge is 0.0932 e. The Morgan fingerprint density at radius 3 is 3.08 bits per heavy atom. The zero-order valence-electron chi connectivity index (χ0n) is 7.17. The van der Waals surface area contributed by atoms with Crippen LogP contribution in [-0.2, 0) is 5.33 Å². The molecule has 1 N–H and O–H groups in total. The molecule has 0 saturated heterocycles. The van der Waals surface area contributed by atoms with E-state index in [1.807, 2.05) is 0 Å². The van der Waals surface area contributed by atoms with Crippen molar-refractivity contribution in [3.05, 3.63) is 24.0 Å². The van der Waals surface area contributed by atoms with E-state index in [2.05, 4.69) is 44.3 Å². The molecule has 0 aliphatic heterocycles. The van der Waals surface area contributed by atoms with Gasteiger partial charge in [-0.25, -0.2) is 4.98 Å². The largest absolute Gasteiger partial charge is 0.345 e. The predicted octanol–water partition coefficient (Wildman–Crippen LogP) is 3.18. The van der Waals surface area contributed by atoms with Crippen LogP contribution in [0.4, 0.5) is 0 Å². The van der Waals surface area contributed by atoms with Crippen LogP contribution in [0.1, 0.15) is 5.56 Å². The number of fused-ring (bicyclic) bond motifs is 1. The third kappa shape index (κ3) is 1.60. The van der Waals surface area contributed by atoms with Crippen molar-refractivity contribution in [2.24, 2.45) is 0 Å². The number of nitrogens with zero attached hydrogens (tertiary/aromatic N) is 1. The van der Waals surface area contributed by atoms with Crippen LogP contribution in [0.5, 0.6) is 0 Å². The van der Waals surface area contributed by atoms with Crippen LogP contribution < -0.4 is 0 Å². The number of aromatic amines is 1. The lowest BCUT2D eigenvalue weighted by Gasteiger charge is -2.01. The molecule has 1 heterocycles. The summed E-state index contributed by atoms with van der Waals surface area (Å²) < 4.78 is 0. The van der Waals surface area contributed by atoms with Gasteiger partial charge in [0, 0.05) is 10.2 Å². The first-order valence-corrected chi connectivity index (χ1v) is 6.25. The van der Waals surface area contributed by atoms with Crippen LogP contribution in [0.3, 0.4) is 0 Å². The minimum Gasteiger partial charge on any atom is -0.345 e. The van der Waals surface area contributed by atoms with E-state index < -0.39 is 0 Å². The number of hydrogen-bond donors (Lipinski definition) is 1. The molecule has 2 nitrogen and oxygen atoms in total. The summed E-state index contributed by atoms with van der Waals surface area (Å²) in [5.41, 5.74) is 3.42. The summed E-state index contributed by atoms with van der Waals surface area (Å²) in [6.45, 7) is 0. The summed E-state index contributed by atoms with van der Waals surface area (Å²) in [7, 11) is 0. The number of alkyl halides is 1. The normalized spacial score (nSPS) is 10.9. The fourth-order valence-electron chi connectivity index (χ4n) is 1.31. The topological polar surface area (TPSA) is 28.7 Å². The molecule has 68 valence electrons. The van der Waals surface area contributed by atoms with Gasteiger partial charge in [0.2, 0.25) is 0 Å². The van der Waals surface area contributed by atoms with Crippen molar-refractivity contribution >= 4 is 38.7 Å². The van der Waals surface area contributed by atoms with E-state index in [-0.39, 0.29) is 0 Å². The Hall–Kier alpha value is -0.480. The Labute approximate surface area is 89.3 Å². The highest BCUT2D eigenvalue weighted by atomic mass is 79.9. The van der Waals surface area contributed by atoms with Gasteiger partial charge in [-0.2, -0.15) is 0 Å². The SMILES string of the molecule is CSc1cc(CBr)c2nc[nH]c2c1. The molecule has 0 spiro atoms. The summed E-state index contributed by atoms with van der Waals surface area (Å²) in [6.07, 6.45) is 3.82. The first-order chi connectivity index (χ1) is 6.35. The number of imidazole rings is 1. The average Bonchev–Trinajstić information content (AvgIpc) is 2.63. The van der Waals surface area contributed by atoms with E-state index >= 15 is 0 Å².